The SMILES string of the molecule is O=c1[nH]ncc(NC2CCOC(C3CC3)C2)c1Cl. The van der Waals surface area contributed by atoms with Crippen LogP contribution in [-0.4, -0.2) is 29.0 Å². The smallest absolute Gasteiger partial charge is 0.285 e. The van der Waals surface area contributed by atoms with E-state index in [4.69, 9.17) is 16.3 Å². The highest BCUT2D eigenvalue weighted by Crippen LogP contribution is 2.38. The second kappa shape index (κ2) is 4.90. The minimum atomic E-state index is -0.354. The molecule has 0 aromatic carbocycles. The number of hydrogen-bond donors (Lipinski definition) is 2. The maximum atomic E-state index is 11.3. The molecule has 18 heavy (non-hydrogen) atoms. The van der Waals surface area contributed by atoms with Gasteiger partial charge in [-0.25, -0.2) is 5.10 Å². The molecule has 0 spiro atoms. The number of hydrogen-bond acceptors (Lipinski definition) is 4. The normalized spacial score (nSPS) is 28.1. The zero-order chi connectivity index (χ0) is 12.5. The molecule has 0 radical (unpaired) electrons. The Morgan fingerprint density at radius 3 is 3.06 bits per heavy atom. The molecule has 2 fully saturated rings. The van der Waals surface area contributed by atoms with E-state index < -0.39 is 0 Å². The van der Waals surface area contributed by atoms with Crippen molar-refractivity contribution in [2.45, 2.75) is 37.8 Å². The summed E-state index contributed by atoms with van der Waals surface area (Å²) in [6, 6.07) is 0.311. The number of halogens is 1. The van der Waals surface area contributed by atoms with Crippen molar-refractivity contribution in [2.24, 2.45) is 5.92 Å². The highest BCUT2D eigenvalue weighted by atomic mass is 35.5. The Labute approximate surface area is 110 Å². The third-order valence-electron chi connectivity index (χ3n) is 3.62. The molecule has 2 aliphatic rings. The molecular formula is C12H16ClN3O2. The molecule has 1 aliphatic heterocycles. The fraction of sp³-hybridized carbons (Fsp3) is 0.667. The van der Waals surface area contributed by atoms with E-state index in [9.17, 15) is 4.79 Å². The molecule has 6 heteroatoms. The zero-order valence-electron chi connectivity index (χ0n) is 9.99. The number of nitrogens with one attached hydrogen (secondary N) is 2. The predicted octanol–water partition coefficient (Wildman–Crippen LogP) is 1.79. The van der Waals surface area contributed by atoms with Gasteiger partial charge in [-0.2, -0.15) is 5.10 Å². The molecule has 2 atom stereocenters. The number of rotatable bonds is 3. The summed E-state index contributed by atoms with van der Waals surface area (Å²) in [7, 11) is 0. The van der Waals surface area contributed by atoms with Crippen LogP contribution in [0.2, 0.25) is 5.02 Å². The van der Waals surface area contributed by atoms with E-state index in [0.29, 0.717) is 17.8 Å². The first kappa shape index (κ1) is 12.0. The van der Waals surface area contributed by atoms with Gasteiger partial charge in [-0.3, -0.25) is 4.79 Å². The van der Waals surface area contributed by atoms with Crippen molar-refractivity contribution in [3.63, 3.8) is 0 Å². The lowest BCUT2D eigenvalue weighted by molar-refractivity contribution is -0.00219. The number of nitrogens with zero attached hydrogens (tertiary/aromatic N) is 1. The number of anilines is 1. The summed E-state index contributed by atoms with van der Waals surface area (Å²) in [5.74, 6) is 0.738. The first-order valence-electron chi connectivity index (χ1n) is 6.35. The molecule has 98 valence electrons. The second-order valence-electron chi connectivity index (χ2n) is 5.04. The molecule has 1 aromatic rings. The van der Waals surface area contributed by atoms with Crippen LogP contribution >= 0.6 is 11.6 Å². The van der Waals surface area contributed by atoms with E-state index >= 15 is 0 Å². The van der Waals surface area contributed by atoms with Gasteiger partial charge in [0.15, 0.2) is 0 Å². The van der Waals surface area contributed by atoms with Gasteiger partial charge in [-0.15, -0.1) is 0 Å². The Kier molecular flexibility index (Phi) is 3.26. The van der Waals surface area contributed by atoms with E-state index in [-0.39, 0.29) is 10.6 Å². The molecular weight excluding hydrogens is 254 g/mol. The van der Waals surface area contributed by atoms with Gasteiger partial charge < -0.3 is 10.1 Å². The van der Waals surface area contributed by atoms with Crippen molar-refractivity contribution in [2.75, 3.05) is 11.9 Å². The van der Waals surface area contributed by atoms with Crippen LogP contribution in [0.3, 0.4) is 0 Å². The molecule has 2 heterocycles. The number of ether oxygens (including phenoxy) is 1. The van der Waals surface area contributed by atoms with E-state index in [1.807, 2.05) is 0 Å². The lowest BCUT2D eigenvalue weighted by Crippen LogP contribution is -2.35. The van der Waals surface area contributed by atoms with E-state index in [1.54, 1.807) is 6.20 Å². The fourth-order valence-electron chi connectivity index (χ4n) is 2.46. The summed E-state index contributed by atoms with van der Waals surface area (Å²) < 4.78 is 5.77. The number of aromatic nitrogens is 2. The third kappa shape index (κ3) is 2.52. The van der Waals surface area contributed by atoms with Gasteiger partial charge in [0.05, 0.1) is 18.0 Å². The lowest BCUT2D eigenvalue weighted by Gasteiger charge is -2.30. The van der Waals surface area contributed by atoms with E-state index in [0.717, 1.165) is 25.4 Å². The highest BCUT2D eigenvalue weighted by molar-refractivity contribution is 6.32. The van der Waals surface area contributed by atoms with Gasteiger partial charge in [0.25, 0.3) is 5.56 Å². The van der Waals surface area contributed by atoms with Crippen LogP contribution in [0, 0.1) is 5.92 Å². The molecule has 2 N–H and O–H groups in total. The van der Waals surface area contributed by atoms with Crippen LogP contribution in [0.25, 0.3) is 0 Å². The summed E-state index contributed by atoms with van der Waals surface area (Å²) in [5.41, 5.74) is 0.259. The zero-order valence-corrected chi connectivity index (χ0v) is 10.7. The first-order valence-corrected chi connectivity index (χ1v) is 6.73. The van der Waals surface area contributed by atoms with Crippen molar-refractivity contribution >= 4 is 17.3 Å². The highest BCUT2D eigenvalue weighted by Gasteiger charge is 2.35. The summed E-state index contributed by atoms with van der Waals surface area (Å²) in [6.07, 6.45) is 6.41. The van der Waals surface area contributed by atoms with Gasteiger partial charge in [0.1, 0.15) is 5.02 Å². The molecule has 5 nitrogen and oxygen atoms in total. The Bertz CT molecular complexity index is 486. The Hall–Kier alpha value is -1.07. The Balaban J connectivity index is 1.68. The lowest BCUT2D eigenvalue weighted by atomic mass is 10.00. The minimum Gasteiger partial charge on any atom is -0.379 e. The van der Waals surface area contributed by atoms with Crippen LogP contribution in [0.4, 0.5) is 5.69 Å². The van der Waals surface area contributed by atoms with Gasteiger partial charge in [-0.05, 0) is 31.6 Å². The molecule has 1 saturated carbocycles. The van der Waals surface area contributed by atoms with E-state index in [2.05, 4.69) is 15.5 Å². The average molecular weight is 270 g/mol. The number of aromatic amines is 1. The quantitative estimate of drug-likeness (QED) is 0.878. The Morgan fingerprint density at radius 1 is 1.44 bits per heavy atom. The molecule has 0 amide bonds. The molecule has 3 rings (SSSR count). The maximum Gasteiger partial charge on any atom is 0.285 e. The molecule has 2 unspecified atom stereocenters. The van der Waals surface area contributed by atoms with Crippen LogP contribution in [0.15, 0.2) is 11.0 Å². The van der Waals surface area contributed by atoms with Crippen LogP contribution < -0.4 is 10.9 Å². The van der Waals surface area contributed by atoms with Crippen LogP contribution in [-0.2, 0) is 4.74 Å². The summed E-state index contributed by atoms with van der Waals surface area (Å²) in [6.45, 7) is 0.771. The van der Waals surface area contributed by atoms with Gasteiger partial charge in [0.2, 0.25) is 0 Å². The van der Waals surface area contributed by atoms with Gasteiger partial charge >= 0.3 is 0 Å². The average Bonchev–Trinajstić information content (AvgIpc) is 3.20. The largest absolute Gasteiger partial charge is 0.379 e. The summed E-state index contributed by atoms with van der Waals surface area (Å²) in [4.78, 5) is 11.3. The molecule has 1 saturated heterocycles. The standard InChI is InChI=1S/C12H16ClN3O2/c13-11-9(6-14-16-12(11)17)15-8-3-4-18-10(5-8)7-1-2-7/h6-8,10H,1-5H2,(H2,15,16,17). The maximum absolute atomic E-state index is 11.3. The van der Waals surface area contributed by atoms with E-state index in [1.165, 1.54) is 12.8 Å². The molecule has 1 aromatic heterocycles. The Morgan fingerprint density at radius 2 is 2.28 bits per heavy atom. The van der Waals surface area contributed by atoms with Crippen LogP contribution in [0.5, 0.6) is 0 Å². The molecule has 1 aliphatic carbocycles. The topological polar surface area (TPSA) is 67.0 Å². The van der Waals surface area contributed by atoms with Gasteiger partial charge in [-0.1, -0.05) is 11.6 Å². The first-order chi connectivity index (χ1) is 8.74. The predicted molar refractivity (Wildman–Crippen MR) is 69.0 cm³/mol. The second-order valence-corrected chi connectivity index (χ2v) is 5.42. The summed E-state index contributed by atoms with van der Waals surface area (Å²) >= 11 is 5.95. The van der Waals surface area contributed by atoms with Gasteiger partial charge in [0, 0.05) is 12.6 Å². The number of H-pyrrole nitrogens is 1. The van der Waals surface area contributed by atoms with Crippen molar-refractivity contribution in [3.05, 3.63) is 21.6 Å². The van der Waals surface area contributed by atoms with Crippen LogP contribution in [0.1, 0.15) is 25.7 Å². The monoisotopic (exact) mass is 269 g/mol. The summed E-state index contributed by atoms with van der Waals surface area (Å²) in [5, 5.41) is 9.56. The van der Waals surface area contributed by atoms with Crippen molar-refractivity contribution in [3.8, 4) is 0 Å². The van der Waals surface area contributed by atoms with Crippen molar-refractivity contribution in [1.82, 2.24) is 10.2 Å². The van der Waals surface area contributed by atoms with Crippen molar-refractivity contribution in [1.29, 1.82) is 0 Å². The third-order valence-corrected chi connectivity index (χ3v) is 3.99. The van der Waals surface area contributed by atoms with Crippen molar-refractivity contribution < 1.29 is 4.74 Å². The molecule has 0 bridgehead atoms. The minimum absolute atomic E-state index is 0.180. The fourth-order valence-corrected chi connectivity index (χ4v) is 2.61.